The zero-order valence-electron chi connectivity index (χ0n) is 17.7. The summed E-state index contributed by atoms with van der Waals surface area (Å²) in [6.45, 7) is 7.26. The van der Waals surface area contributed by atoms with E-state index in [1.165, 1.54) is 29.5 Å². The van der Waals surface area contributed by atoms with E-state index >= 15 is 0 Å². The number of likely N-dealkylation sites (tertiary alicyclic amines) is 1. The molecule has 4 rings (SSSR count). The lowest BCUT2D eigenvalue weighted by Gasteiger charge is -2.15. The van der Waals surface area contributed by atoms with Crippen LogP contribution in [0.5, 0.6) is 0 Å². The van der Waals surface area contributed by atoms with Crippen molar-refractivity contribution in [1.29, 1.82) is 0 Å². The molecule has 0 spiro atoms. The molecular formula is C22H28N4O2S2. The molecule has 8 heteroatoms. The maximum atomic E-state index is 11.4. The molecule has 0 unspecified atom stereocenters. The van der Waals surface area contributed by atoms with Crippen LogP contribution in [0.4, 0.5) is 11.5 Å². The molecule has 6 nitrogen and oxygen atoms in total. The minimum absolute atomic E-state index is 0.166. The number of sulfone groups is 1. The number of rotatable bonds is 7. The van der Waals surface area contributed by atoms with Gasteiger partial charge < -0.3 is 5.32 Å². The number of aryl methyl sites for hydroxylation is 3. The molecule has 0 aliphatic carbocycles. The number of nitrogens with zero attached hydrogens (tertiary/aromatic N) is 3. The minimum Gasteiger partial charge on any atom is -0.340 e. The largest absolute Gasteiger partial charge is 0.340 e. The highest BCUT2D eigenvalue weighted by Gasteiger charge is 2.18. The van der Waals surface area contributed by atoms with E-state index in [4.69, 9.17) is 9.97 Å². The van der Waals surface area contributed by atoms with E-state index in [2.05, 4.69) is 24.1 Å². The zero-order chi connectivity index (χ0) is 21.3. The van der Waals surface area contributed by atoms with Crippen molar-refractivity contribution >= 4 is 42.9 Å². The molecule has 0 amide bonds. The monoisotopic (exact) mass is 444 g/mol. The molecule has 3 aromatic rings. The van der Waals surface area contributed by atoms with Gasteiger partial charge in [0.2, 0.25) is 0 Å². The summed E-state index contributed by atoms with van der Waals surface area (Å²) in [5.41, 5.74) is 3.17. The lowest BCUT2D eigenvalue weighted by Crippen LogP contribution is -2.20. The molecule has 30 heavy (non-hydrogen) atoms. The van der Waals surface area contributed by atoms with Crippen molar-refractivity contribution in [3.63, 3.8) is 0 Å². The van der Waals surface area contributed by atoms with Crippen molar-refractivity contribution in [3.8, 4) is 0 Å². The van der Waals surface area contributed by atoms with E-state index in [-0.39, 0.29) is 5.75 Å². The Morgan fingerprint density at radius 3 is 2.47 bits per heavy atom. The van der Waals surface area contributed by atoms with Crippen LogP contribution in [0.3, 0.4) is 0 Å². The number of benzene rings is 1. The molecule has 0 atom stereocenters. The first-order chi connectivity index (χ1) is 14.3. The van der Waals surface area contributed by atoms with E-state index in [1.807, 2.05) is 24.3 Å². The third-order valence-electron chi connectivity index (χ3n) is 5.62. The molecule has 0 saturated carbocycles. The van der Waals surface area contributed by atoms with Crippen LogP contribution in [0.15, 0.2) is 24.3 Å². The van der Waals surface area contributed by atoms with Crippen LogP contribution in [-0.4, -0.2) is 48.4 Å². The first-order valence-electron chi connectivity index (χ1n) is 10.3. The van der Waals surface area contributed by atoms with Crippen molar-refractivity contribution < 1.29 is 8.42 Å². The topological polar surface area (TPSA) is 75.2 Å². The number of hydrogen-bond acceptors (Lipinski definition) is 7. The SMILES string of the molecule is Cc1sc2nc(CN3CCCC3)nc(Nc3ccc(CCS(C)(=O)=O)cc3)c2c1C. The van der Waals surface area contributed by atoms with Crippen LogP contribution in [-0.2, 0) is 22.8 Å². The predicted octanol–water partition coefficient (Wildman–Crippen LogP) is 4.23. The summed E-state index contributed by atoms with van der Waals surface area (Å²) in [6.07, 6.45) is 4.29. The van der Waals surface area contributed by atoms with Gasteiger partial charge in [-0.05, 0) is 69.5 Å². The van der Waals surface area contributed by atoms with Crippen LogP contribution < -0.4 is 5.32 Å². The van der Waals surface area contributed by atoms with Gasteiger partial charge in [0.1, 0.15) is 26.3 Å². The highest BCUT2D eigenvalue weighted by Crippen LogP contribution is 2.34. The maximum absolute atomic E-state index is 11.4. The molecule has 1 aliphatic heterocycles. The average molecular weight is 445 g/mol. The fraction of sp³-hybridized carbons (Fsp3) is 0.455. The van der Waals surface area contributed by atoms with Crippen LogP contribution >= 0.6 is 11.3 Å². The van der Waals surface area contributed by atoms with Gasteiger partial charge in [-0.3, -0.25) is 4.90 Å². The zero-order valence-corrected chi connectivity index (χ0v) is 19.4. The number of thiophene rings is 1. The molecule has 0 radical (unpaired) electrons. The summed E-state index contributed by atoms with van der Waals surface area (Å²) in [4.78, 5) is 14.4. The number of aromatic nitrogens is 2. The van der Waals surface area contributed by atoms with Gasteiger partial charge in [0.25, 0.3) is 0 Å². The van der Waals surface area contributed by atoms with Crippen LogP contribution in [0, 0.1) is 13.8 Å². The molecule has 160 valence electrons. The highest BCUT2D eigenvalue weighted by atomic mass is 32.2. The Labute approximate surface area is 182 Å². The molecule has 1 fully saturated rings. The summed E-state index contributed by atoms with van der Waals surface area (Å²) in [6, 6.07) is 7.92. The van der Waals surface area contributed by atoms with Crippen LogP contribution in [0.2, 0.25) is 0 Å². The Morgan fingerprint density at radius 2 is 1.80 bits per heavy atom. The predicted molar refractivity (Wildman–Crippen MR) is 125 cm³/mol. The van der Waals surface area contributed by atoms with E-state index in [1.54, 1.807) is 11.3 Å². The Hall–Kier alpha value is -2.03. The lowest BCUT2D eigenvalue weighted by molar-refractivity contribution is 0.323. The Kier molecular flexibility index (Phi) is 6.09. The van der Waals surface area contributed by atoms with Gasteiger partial charge in [-0.15, -0.1) is 11.3 Å². The third-order valence-corrected chi connectivity index (χ3v) is 7.66. The second-order valence-electron chi connectivity index (χ2n) is 8.14. The summed E-state index contributed by atoms with van der Waals surface area (Å²) in [5.74, 6) is 1.87. The van der Waals surface area contributed by atoms with Crippen molar-refractivity contribution in [2.75, 3.05) is 30.4 Å². The number of nitrogens with one attached hydrogen (secondary N) is 1. The van der Waals surface area contributed by atoms with Crippen LogP contribution in [0.25, 0.3) is 10.2 Å². The second kappa shape index (κ2) is 8.61. The number of fused-ring (bicyclic) bond motifs is 1. The number of anilines is 2. The molecule has 2 aromatic heterocycles. The van der Waals surface area contributed by atoms with Crippen molar-refractivity contribution in [3.05, 3.63) is 46.1 Å². The molecule has 1 aliphatic rings. The van der Waals surface area contributed by atoms with Gasteiger partial charge in [0.05, 0.1) is 17.7 Å². The van der Waals surface area contributed by atoms with Gasteiger partial charge in [-0.25, -0.2) is 18.4 Å². The van der Waals surface area contributed by atoms with Crippen molar-refractivity contribution in [2.24, 2.45) is 0 Å². The van der Waals surface area contributed by atoms with Gasteiger partial charge >= 0.3 is 0 Å². The van der Waals surface area contributed by atoms with E-state index in [0.29, 0.717) is 6.42 Å². The minimum atomic E-state index is -2.96. The molecular weight excluding hydrogens is 416 g/mol. The Bertz CT molecular complexity index is 1150. The van der Waals surface area contributed by atoms with E-state index in [9.17, 15) is 8.42 Å². The highest BCUT2D eigenvalue weighted by molar-refractivity contribution is 7.90. The summed E-state index contributed by atoms with van der Waals surface area (Å²) >= 11 is 1.72. The quantitative estimate of drug-likeness (QED) is 0.588. The summed E-state index contributed by atoms with van der Waals surface area (Å²) in [7, 11) is -2.96. The summed E-state index contributed by atoms with van der Waals surface area (Å²) in [5, 5.41) is 4.57. The summed E-state index contributed by atoms with van der Waals surface area (Å²) < 4.78 is 22.8. The Morgan fingerprint density at radius 1 is 1.10 bits per heavy atom. The maximum Gasteiger partial charge on any atom is 0.147 e. The molecule has 1 N–H and O–H groups in total. The Balaban J connectivity index is 1.60. The molecule has 1 aromatic carbocycles. The molecule has 3 heterocycles. The van der Waals surface area contributed by atoms with Gasteiger partial charge in [-0.1, -0.05) is 12.1 Å². The van der Waals surface area contributed by atoms with Crippen LogP contribution in [0.1, 0.15) is 34.7 Å². The first-order valence-corrected chi connectivity index (χ1v) is 13.2. The smallest absolute Gasteiger partial charge is 0.147 e. The normalized spacial score (nSPS) is 15.2. The molecule has 0 bridgehead atoms. The standard InChI is InChI=1S/C22H28N4O2S2/c1-15-16(2)29-22-20(15)21(24-19(25-22)14-26-11-4-5-12-26)23-18-8-6-17(7-9-18)10-13-30(3,27)28/h6-9H,4-5,10-14H2,1-3H3,(H,23,24,25). The van der Waals surface area contributed by atoms with Gasteiger partial charge in [-0.2, -0.15) is 0 Å². The fourth-order valence-electron chi connectivity index (χ4n) is 3.79. The number of hydrogen-bond donors (Lipinski definition) is 1. The third kappa shape index (κ3) is 4.99. The van der Waals surface area contributed by atoms with Gasteiger partial charge in [0.15, 0.2) is 0 Å². The van der Waals surface area contributed by atoms with Crippen molar-refractivity contribution in [1.82, 2.24) is 14.9 Å². The van der Waals surface area contributed by atoms with E-state index < -0.39 is 9.84 Å². The van der Waals surface area contributed by atoms with Gasteiger partial charge in [0, 0.05) is 16.8 Å². The average Bonchev–Trinajstić information content (AvgIpc) is 3.29. The first kappa shape index (κ1) is 21.2. The lowest BCUT2D eigenvalue weighted by atomic mass is 10.1. The fourth-order valence-corrected chi connectivity index (χ4v) is 5.44. The molecule has 1 saturated heterocycles. The van der Waals surface area contributed by atoms with E-state index in [0.717, 1.165) is 52.7 Å². The second-order valence-corrected chi connectivity index (χ2v) is 11.6. The van der Waals surface area contributed by atoms with Crippen molar-refractivity contribution in [2.45, 2.75) is 39.7 Å².